The minimum atomic E-state index is -0.986. The minimum absolute atomic E-state index is 0.0378. The SMILES string of the molecule is Cc1ccc(C(=O)[C@@H](C)OC(=O)c2ccc(C)c([N+](=O)[O-])c2)cc1. The van der Waals surface area contributed by atoms with E-state index in [4.69, 9.17) is 4.74 Å². The van der Waals surface area contributed by atoms with Crippen molar-refractivity contribution in [2.45, 2.75) is 26.9 Å². The molecule has 0 saturated heterocycles. The molecule has 0 N–H and O–H groups in total. The van der Waals surface area contributed by atoms with E-state index in [9.17, 15) is 19.7 Å². The third-order valence-corrected chi connectivity index (χ3v) is 3.63. The van der Waals surface area contributed by atoms with Crippen molar-refractivity contribution in [2.24, 2.45) is 0 Å². The average molecular weight is 327 g/mol. The summed E-state index contributed by atoms with van der Waals surface area (Å²) in [4.78, 5) is 34.8. The average Bonchev–Trinajstić information content (AvgIpc) is 2.54. The zero-order valence-corrected chi connectivity index (χ0v) is 13.6. The van der Waals surface area contributed by atoms with E-state index >= 15 is 0 Å². The monoisotopic (exact) mass is 327 g/mol. The molecule has 0 heterocycles. The van der Waals surface area contributed by atoms with Crippen molar-refractivity contribution in [1.82, 2.24) is 0 Å². The van der Waals surface area contributed by atoms with Crippen LogP contribution in [0.1, 0.15) is 38.8 Å². The van der Waals surface area contributed by atoms with Gasteiger partial charge in [-0.25, -0.2) is 4.79 Å². The maximum absolute atomic E-state index is 12.3. The molecule has 0 aliphatic rings. The van der Waals surface area contributed by atoms with Gasteiger partial charge in [0, 0.05) is 17.2 Å². The summed E-state index contributed by atoms with van der Waals surface area (Å²) in [7, 11) is 0. The van der Waals surface area contributed by atoms with Crippen LogP contribution in [0.4, 0.5) is 5.69 Å². The van der Waals surface area contributed by atoms with Crippen molar-refractivity contribution in [3.63, 3.8) is 0 Å². The Hall–Kier alpha value is -3.02. The summed E-state index contributed by atoms with van der Waals surface area (Å²) < 4.78 is 5.15. The highest BCUT2D eigenvalue weighted by Gasteiger charge is 2.22. The molecule has 2 aromatic carbocycles. The first-order valence-corrected chi connectivity index (χ1v) is 7.36. The highest BCUT2D eigenvalue weighted by molar-refractivity contribution is 6.01. The molecule has 0 fully saturated rings. The molecule has 0 aromatic heterocycles. The first-order valence-electron chi connectivity index (χ1n) is 7.36. The molecule has 0 amide bonds. The number of ketones is 1. The first-order chi connectivity index (χ1) is 11.3. The fraction of sp³-hybridized carbons (Fsp3) is 0.222. The number of benzene rings is 2. The molecule has 0 radical (unpaired) electrons. The molecular weight excluding hydrogens is 310 g/mol. The molecule has 0 unspecified atom stereocenters. The van der Waals surface area contributed by atoms with E-state index in [1.54, 1.807) is 31.2 Å². The Bertz CT molecular complexity index is 796. The Morgan fingerprint density at radius 3 is 2.21 bits per heavy atom. The fourth-order valence-corrected chi connectivity index (χ4v) is 2.17. The van der Waals surface area contributed by atoms with E-state index in [0.29, 0.717) is 11.1 Å². The number of nitro benzene ring substituents is 1. The van der Waals surface area contributed by atoms with Crippen molar-refractivity contribution >= 4 is 17.4 Å². The van der Waals surface area contributed by atoms with Gasteiger partial charge in [0.25, 0.3) is 5.69 Å². The minimum Gasteiger partial charge on any atom is -0.451 e. The van der Waals surface area contributed by atoms with Crippen LogP contribution in [0.2, 0.25) is 0 Å². The van der Waals surface area contributed by atoms with Crippen LogP contribution in [0.15, 0.2) is 42.5 Å². The molecule has 24 heavy (non-hydrogen) atoms. The lowest BCUT2D eigenvalue weighted by molar-refractivity contribution is -0.385. The number of esters is 1. The van der Waals surface area contributed by atoms with Crippen molar-refractivity contribution in [3.8, 4) is 0 Å². The Kier molecular flexibility index (Phi) is 5.08. The van der Waals surface area contributed by atoms with E-state index in [2.05, 4.69) is 0 Å². The van der Waals surface area contributed by atoms with Gasteiger partial charge in [0.2, 0.25) is 5.78 Å². The quantitative estimate of drug-likeness (QED) is 0.362. The van der Waals surface area contributed by atoms with Crippen LogP contribution in [-0.4, -0.2) is 22.8 Å². The summed E-state index contributed by atoms with van der Waals surface area (Å²) in [6.07, 6.45) is -0.986. The number of hydrogen-bond donors (Lipinski definition) is 0. The number of carbonyl (C=O) groups is 2. The molecule has 6 heteroatoms. The number of Topliss-reactive ketones (excluding diaryl/α,β-unsaturated/α-hetero) is 1. The largest absolute Gasteiger partial charge is 0.451 e. The Morgan fingerprint density at radius 1 is 1.04 bits per heavy atom. The molecule has 124 valence electrons. The van der Waals surface area contributed by atoms with Gasteiger partial charge in [-0.15, -0.1) is 0 Å². The number of carbonyl (C=O) groups excluding carboxylic acids is 2. The van der Waals surface area contributed by atoms with Gasteiger partial charge in [-0.05, 0) is 26.8 Å². The Labute approximate surface area is 139 Å². The molecule has 0 saturated carbocycles. The molecule has 0 spiro atoms. The van der Waals surface area contributed by atoms with Crippen LogP contribution in [0.5, 0.6) is 0 Å². The third-order valence-electron chi connectivity index (χ3n) is 3.63. The summed E-state index contributed by atoms with van der Waals surface area (Å²) in [6.45, 7) is 4.96. The standard InChI is InChI=1S/C18H17NO5/c1-11-4-7-14(8-5-11)17(20)13(3)24-18(21)15-9-6-12(2)16(10-15)19(22)23/h4-10,13H,1-3H3/t13-/m1/s1. The highest BCUT2D eigenvalue weighted by Crippen LogP contribution is 2.20. The van der Waals surface area contributed by atoms with Crippen LogP contribution in [0.3, 0.4) is 0 Å². The van der Waals surface area contributed by atoms with E-state index in [1.165, 1.54) is 19.1 Å². The summed E-state index contributed by atoms with van der Waals surface area (Å²) in [5.74, 6) is -1.10. The molecule has 6 nitrogen and oxygen atoms in total. The van der Waals surface area contributed by atoms with Gasteiger partial charge in [0.05, 0.1) is 10.5 Å². The lowest BCUT2D eigenvalue weighted by Crippen LogP contribution is -2.24. The van der Waals surface area contributed by atoms with Crippen LogP contribution in [0.25, 0.3) is 0 Å². The predicted octanol–water partition coefficient (Wildman–Crippen LogP) is 3.64. The summed E-state index contributed by atoms with van der Waals surface area (Å²) in [5, 5.41) is 10.9. The maximum Gasteiger partial charge on any atom is 0.339 e. The van der Waals surface area contributed by atoms with Crippen LogP contribution >= 0.6 is 0 Å². The van der Waals surface area contributed by atoms with Crippen LogP contribution < -0.4 is 0 Å². The van der Waals surface area contributed by atoms with Gasteiger partial charge in [-0.2, -0.15) is 0 Å². The normalized spacial score (nSPS) is 11.6. The number of rotatable bonds is 5. The van der Waals surface area contributed by atoms with Crippen LogP contribution in [-0.2, 0) is 4.74 Å². The lowest BCUT2D eigenvalue weighted by atomic mass is 10.1. The number of nitrogens with zero attached hydrogens (tertiary/aromatic N) is 1. The molecule has 0 aliphatic carbocycles. The van der Waals surface area contributed by atoms with E-state index in [1.807, 2.05) is 6.92 Å². The summed E-state index contributed by atoms with van der Waals surface area (Å²) in [6, 6.07) is 11.0. The van der Waals surface area contributed by atoms with E-state index in [0.717, 1.165) is 11.6 Å². The number of ether oxygens (including phenoxy) is 1. The van der Waals surface area contributed by atoms with Gasteiger partial charge in [-0.3, -0.25) is 14.9 Å². The molecule has 0 aliphatic heterocycles. The summed E-state index contributed by atoms with van der Waals surface area (Å²) >= 11 is 0. The van der Waals surface area contributed by atoms with Crippen molar-refractivity contribution in [2.75, 3.05) is 0 Å². The molecule has 2 rings (SSSR count). The second-order valence-corrected chi connectivity index (χ2v) is 5.54. The van der Waals surface area contributed by atoms with Gasteiger partial charge in [-0.1, -0.05) is 35.9 Å². The molecular formula is C18H17NO5. The van der Waals surface area contributed by atoms with E-state index < -0.39 is 17.0 Å². The smallest absolute Gasteiger partial charge is 0.339 e. The third kappa shape index (κ3) is 3.84. The van der Waals surface area contributed by atoms with Gasteiger partial charge in [0.15, 0.2) is 6.10 Å². The molecule has 0 bridgehead atoms. The van der Waals surface area contributed by atoms with Crippen LogP contribution in [0, 0.1) is 24.0 Å². The Morgan fingerprint density at radius 2 is 1.62 bits per heavy atom. The maximum atomic E-state index is 12.3. The number of nitro groups is 1. The molecule has 2 aromatic rings. The fourth-order valence-electron chi connectivity index (χ4n) is 2.17. The van der Waals surface area contributed by atoms with E-state index in [-0.39, 0.29) is 17.0 Å². The number of aryl methyl sites for hydroxylation is 2. The lowest BCUT2D eigenvalue weighted by Gasteiger charge is -2.12. The zero-order chi connectivity index (χ0) is 17.9. The summed E-state index contributed by atoms with van der Waals surface area (Å²) in [5.41, 5.74) is 1.78. The highest BCUT2D eigenvalue weighted by atomic mass is 16.6. The Balaban J connectivity index is 2.14. The number of hydrogen-bond acceptors (Lipinski definition) is 5. The second kappa shape index (κ2) is 7.04. The van der Waals surface area contributed by atoms with Crippen molar-refractivity contribution in [1.29, 1.82) is 0 Å². The van der Waals surface area contributed by atoms with Gasteiger partial charge < -0.3 is 4.74 Å². The van der Waals surface area contributed by atoms with Crippen molar-refractivity contribution in [3.05, 3.63) is 74.8 Å². The topological polar surface area (TPSA) is 86.5 Å². The zero-order valence-electron chi connectivity index (χ0n) is 13.6. The predicted molar refractivity (Wildman–Crippen MR) is 88.2 cm³/mol. The molecule has 1 atom stereocenters. The first kappa shape index (κ1) is 17.3. The van der Waals surface area contributed by atoms with Gasteiger partial charge in [0.1, 0.15) is 0 Å². The second-order valence-electron chi connectivity index (χ2n) is 5.54. The van der Waals surface area contributed by atoms with Gasteiger partial charge >= 0.3 is 5.97 Å². The van der Waals surface area contributed by atoms with Crippen molar-refractivity contribution < 1.29 is 19.2 Å².